The maximum absolute atomic E-state index is 12.6. The van der Waals surface area contributed by atoms with Crippen molar-refractivity contribution >= 4 is 11.6 Å². The van der Waals surface area contributed by atoms with E-state index >= 15 is 0 Å². The van der Waals surface area contributed by atoms with Crippen molar-refractivity contribution in [3.8, 4) is 0 Å². The lowest BCUT2D eigenvalue weighted by molar-refractivity contribution is 0.0928. The Hall–Kier alpha value is -1.51. The summed E-state index contributed by atoms with van der Waals surface area (Å²) in [5.41, 5.74) is 2.89. The molecule has 1 aliphatic carbocycles. The molecule has 116 valence electrons. The fourth-order valence-electron chi connectivity index (χ4n) is 3.08. The Morgan fingerprint density at radius 1 is 1.29 bits per heavy atom. The largest absolute Gasteiger partial charge is 0.384 e. The summed E-state index contributed by atoms with van der Waals surface area (Å²) in [6.07, 6.45) is 3.35. The van der Waals surface area contributed by atoms with Crippen molar-refractivity contribution in [2.24, 2.45) is 11.8 Å². The maximum Gasteiger partial charge on any atom is 0.253 e. The molecule has 21 heavy (non-hydrogen) atoms. The number of anilines is 1. The van der Waals surface area contributed by atoms with Crippen molar-refractivity contribution in [1.29, 1.82) is 0 Å². The van der Waals surface area contributed by atoms with Gasteiger partial charge in [-0.3, -0.25) is 4.79 Å². The van der Waals surface area contributed by atoms with E-state index in [4.69, 9.17) is 0 Å². The third-order valence-electron chi connectivity index (χ3n) is 4.77. The summed E-state index contributed by atoms with van der Waals surface area (Å²) in [6.45, 7) is 9.59. The van der Waals surface area contributed by atoms with E-state index < -0.39 is 0 Å². The van der Waals surface area contributed by atoms with Crippen LogP contribution in [0.4, 0.5) is 5.69 Å². The van der Waals surface area contributed by atoms with Gasteiger partial charge >= 0.3 is 0 Å². The van der Waals surface area contributed by atoms with Crippen LogP contribution in [0.2, 0.25) is 0 Å². The quantitative estimate of drug-likeness (QED) is 0.860. The minimum absolute atomic E-state index is 0.0551. The van der Waals surface area contributed by atoms with Gasteiger partial charge in [-0.25, -0.2) is 0 Å². The molecule has 2 rings (SSSR count). The van der Waals surface area contributed by atoms with Crippen LogP contribution in [0.25, 0.3) is 0 Å². The Balaban J connectivity index is 2.11. The molecule has 1 aromatic rings. The summed E-state index contributed by atoms with van der Waals surface area (Å²) in [7, 11) is 0. The predicted octanol–water partition coefficient (Wildman–Crippen LogP) is 3.98. The van der Waals surface area contributed by atoms with Crippen LogP contribution in [0.1, 0.15) is 56.0 Å². The second kappa shape index (κ2) is 6.97. The Bertz CT molecular complexity index is 498. The van der Waals surface area contributed by atoms with E-state index in [1.807, 2.05) is 12.1 Å². The average Bonchev–Trinajstić information content (AvgIpc) is 2.77. The van der Waals surface area contributed by atoms with Crippen LogP contribution in [0, 0.1) is 18.8 Å². The van der Waals surface area contributed by atoms with Crippen molar-refractivity contribution in [2.45, 2.75) is 53.0 Å². The van der Waals surface area contributed by atoms with Crippen LogP contribution in [0.3, 0.4) is 0 Å². The van der Waals surface area contributed by atoms with Gasteiger partial charge in [0, 0.05) is 18.3 Å². The first-order chi connectivity index (χ1) is 10.0. The number of hydrogen-bond acceptors (Lipinski definition) is 2. The molecule has 1 aliphatic rings. The van der Waals surface area contributed by atoms with Gasteiger partial charge < -0.3 is 10.6 Å². The molecular weight excluding hydrogens is 260 g/mol. The number of carbonyl (C=O) groups is 1. The predicted molar refractivity (Wildman–Crippen MR) is 88.8 cm³/mol. The van der Waals surface area contributed by atoms with Crippen molar-refractivity contribution in [1.82, 2.24) is 5.32 Å². The average molecular weight is 288 g/mol. The molecule has 0 bridgehead atoms. The molecule has 0 saturated heterocycles. The minimum atomic E-state index is 0.0551. The van der Waals surface area contributed by atoms with Crippen molar-refractivity contribution < 1.29 is 4.79 Å². The lowest BCUT2D eigenvalue weighted by Gasteiger charge is -2.21. The summed E-state index contributed by atoms with van der Waals surface area (Å²) in [6, 6.07) is 6.32. The topological polar surface area (TPSA) is 41.1 Å². The maximum atomic E-state index is 12.6. The smallest absolute Gasteiger partial charge is 0.253 e. The number of nitrogens with one attached hydrogen (secondary N) is 2. The Morgan fingerprint density at radius 2 is 2.05 bits per heavy atom. The summed E-state index contributed by atoms with van der Waals surface area (Å²) in [5, 5.41) is 6.60. The van der Waals surface area contributed by atoms with Crippen LogP contribution >= 0.6 is 0 Å². The number of amides is 1. The first-order valence-electron chi connectivity index (χ1n) is 8.18. The first kappa shape index (κ1) is 15.9. The van der Waals surface area contributed by atoms with Crippen LogP contribution < -0.4 is 10.6 Å². The highest BCUT2D eigenvalue weighted by molar-refractivity contribution is 6.00. The lowest BCUT2D eigenvalue weighted by Crippen LogP contribution is -2.37. The van der Waals surface area contributed by atoms with E-state index in [0.29, 0.717) is 17.9 Å². The summed E-state index contributed by atoms with van der Waals surface area (Å²) >= 11 is 0. The fourth-order valence-corrected chi connectivity index (χ4v) is 3.08. The zero-order chi connectivity index (χ0) is 15.4. The van der Waals surface area contributed by atoms with Gasteiger partial charge in [0.25, 0.3) is 5.91 Å². The molecule has 0 aliphatic heterocycles. The third-order valence-corrected chi connectivity index (χ3v) is 4.77. The Labute approximate surface area is 128 Å². The van der Waals surface area contributed by atoms with Gasteiger partial charge in [0.05, 0.1) is 5.56 Å². The van der Waals surface area contributed by atoms with E-state index in [-0.39, 0.29) is 5.91 Å². The van der Waals surface area contributed by atoms with Gasteiger partial charge in [-0.05, 0) is 55.7 Å². The van der Waals surface area contributed by atoms with Crippen LogP contribution in [-0.2, 0) is 0 Å². The Morgan fingerprint density at radius 3 is 2.67 bits per heavy atom. The third kappa shape index (κ3) is 3.78. The van der Waals surface area contributed by atoms with Crippen LogP contribution in [0.5, 0.6) is 0 Å². The molecule has 0 spiro atoms. The number of aryl methyl sites for hydroxylation is 1. The van der Waals surface area contributed by atoms with Gasteiger partial charge in [0.2, 0.25) is 0 Å². The molecule has 3 heteroatoms. The van der Waals surface area contributed by atoms with Crippen molar-refractivity contribution in [3.05, 3.63) is 29.3 Å². The number of carbonyl (C=O) groups excluding carboxylic acids is 1. The molecule has 3 atom stereocenters. The molecule has 3 nitrogen and oxygen atoms in total. The van der Waals surface area contributed by atoms with Crippen LogP contribution in [0.15, 0.2) is 18.2 Å². The highest BCUT2D eigenvalue weighted by Gasteiger charge is 2.31. The summed E-state index contributed by atoms with van der Waals surface area (Å²) in [4.78, 5) is 12.6. The first-order valence-corrected chi connectivity index (χ1v) is 8.18. The second-order valence-electron chi connectivity index (χ2n) is 6.47. The molecule has 3 unspecified atom stereocenters. The second-order valence-corrected chi connectivity index (χ2v) is 6.47. The number of hydrogen-bond donors (Lipinski definition) is 2. The molecular formula is C18H28N2O. The zero-order valence-electron chi connectivity index (χ0n) is 13.7. The van der Waals surface area contributed by atoms with E-state index in [1.54, 1.807) is 0 Å². The molecule has 2 N–H and O–H groups in total. The molecule has 0 aromatic heterocycles. The van der Waals surface area contributed by atoms with Gasteiger partial charge in [0.1, 0.15) is 0 Å². The van der Waals surface area contributed by atoms with E-state index in [1.165, 1.54) is 12.0 Å². The van der Waals surface area contributed by atoms with Crippen molar-refractivity contribution in [3.63, 3.8) is 0 Å². The monoisotopic (exact) mass is 288 g/mol. The van der Waals surface area contributed by atoms with Gasteiger partial charge in [-0.15, -0.1) is 0 Å². The summed E-state index contributed by atoms with van der Waals surface area (Å²) in [5.74, 6) is 1.32. The highest BCUT2D eigenvalue weighted by atomic mass is 16.1. The SMILES string of the molecule is CCCNc1cc(C)ccc1C(=O)NC1CCC(C)C1C. The van der Waals surface area contributed by atoms with E-state index in [2.05, 4.69) is 44.4 Å². The van der Waals surface area contributed by atoms with Gasteiger partial charge in [-0.1, -0.05) is 26.8 Å². The Kier molecular flexibility index (Phi) is 5.27. The molecule has 1 fully saturated rings. The number of rotatable bonds is 5. The van der Waals surface area contributed by atoms with E-state index in [0.717, 1.165) is 30.6 Å². The normalized spacial score (nSPS) is 24.9. The van der Waals surface area contributed by atoms with Gasteiger partial charge in [-0.2, -0.15) is 0 Å². The van der Waals surface area contributed by atoms with Crippen LogP contribution in [-0.4, -0.2) is 18.5 Å². The number of benzene rings is 1. The van der Waals surface area contributed by atoms with E-state index in [9.17, 15) is 4.79 Å². The molecule has 1 aromatic carbocycles. The zero-order valence-corrected chi connectivity index (χ0v) is 13.7. The molecule has 1 saturated carbocycles. The summed E-state index contributed by atoms with van der Waals surface area (Å²) < 4.78 is 0. The van der Waals surface area contributed by atoms with Crippen molar-refractivity contribution in [2.75, 3.05) is 11.9 Å². The highest BCUT2D eigenvalue weighted by Crippen LogP contribution is 2.31. The lowest BCUT2D eigenvalue weighted by atomic mass is 9.97. The van der Waals surface area contributed by atoms with Gasteiger partial charge in [0.15, 0.2) is 0 Å². The molecule has 0 heterocycles. The molecule has 1 amide bonds. The standard InChI is InChI=1S/C18H28N2O/c1-5-10-19-17-11-12(2)6-8-15(17)18(21)20-16-9-7-13(3)14(16)4/h6,8,11,13-14,16,19H,5,7,9-10H2,1-4H3,(H,20,21). The fraction of sp³-hybridized carbons (Fsp3) is 0.611. The molecule has 0 radical (unpaired) electrons. The minimum Gasteiger partial charge on any atom is -0.384 e.